The van der Waals surface area contributed by atoms with Gasteiger partial charge in [0.25, 0.3) is 10.0 Å². The summed E-state index contributed by atoms with van der Waals surface area (Å²) in [6.45, 7) is 3.58. The fraction of sp³-hybridized carbons (Fsp3) is 0.394. The number of benzene rings is 3. The number of para-hydroxylation sites is 1. The predicted molar refractivity (Wildman–Crippen MR) is 165 cm³/mol. The number of anilines is 1. The van der Waals surface area contributed by atoms with Gasteiger partial charge in [-0.2, -0.15) is 0 Å². The Balaban J connectivity index is 1.67. The van der Waals surface area contributed by atoms with Crippen LogP contribution in [0.3, 0.4) is 0 Å². The van der Waals surface area contributed by atoms with E-state index in [2.05, 4.69) is 5.32 Å². The zero-order chi connectivity index (χ0) is 30.8. The number of nitrogens with one attached hydrogen (secondary N) is 1. The lowest BCUT2D eigenvalue weighted by Crippen LogP contribution is -2.54. The van der Waals surface area contributed by atoms with Gasteiger partial charge in [-0.3, -0.25) is 13.9 Å². The van der Waals surface area contributed by atoms with Crippen molar-refractivity contribution >= 4 is 27.5 Å². The summed E-state index contributed by atoms with van der Waals surface area (Å²) in [7, 11) is -4.19. The molecular weight excluding hydrogens is 569 g/mol. The van der Waals surface area contributed by atoms with E-state index in [1.54, 1.807) is 54.6 Å². The Morgan fingerprint density at radius 3 is 2.19 bits per heavy atom. The number of rotatable bonds is 13. The third-order valence-corrected chi connectivity index (χ3v) is 9.44. The van der Waals surface area contributed by atoms with E-state index in [-0.39, 0.29) is 23.4 Å². The Hall–Kier alpha value is -3.92. The number of hydrogen-bond donors (Lipinski definition) is 1. The van der Waals surface area contributed by atoms with Gasteiger partial charge in [0.1, 0.15) is 24.2 Å². The Labute approximate surface area is 253 Å². The minimum Gasteiger partial charge on any atom is -0.494 e. The second-order valence-electron chi connectivity index (χ2n) is 10.7. The first-order chi connectivity index (χ1) is 20.7. The van der Waals surface area contributed by atoms with Crippen LogP contribution < -0.4 is 14.4 Å². The molecule has 3 aromatic carbocycles. The maximum Gasteiger partial charge on any atom is 0.264 e. The van der Waals surface area contributed by atoms with E-state index >= 15 is 0 Å². The van der Waals surface area contributed by atoms with Crippen molar-refractivity contribution in [3.8, 4) is 5.75 Å². The molecule has 0 bridgehead atoms. The zero-order valence-corrected chi connectivity index (χ0v) is 25.6. The van der Waals surface area contributed by atoms with Gasteiger partial charge in [-0.25, -0.2) is 12.8 Å². The third-order valence-electron chi connectivity index (χ3n) is 7.65. The predicted octanol–water partition coefficient (Wildman–Crippen LogP) is 5.68. The average molecular weight is 610 g/mol. The van der Waals surface area contributed by atoms with E-state index in [9.17, 15) is 22.4 Å². The molecule has 10 heteroatoms. The van der Waals surface area contributed by atoms with E-state index in [1.807, 2.05) is 13.8 Å². The van der Waals surface area contributed by atoms with Gasteiger partial charge in [0.05, 0.1) is 17.2 Å². The molecule has 3 aromatic rings. The van der Waals surface area contributed by atoms with Crippen molar-refractivity contribution in [3.05, 3.63) is 90.2 Å². The lowest BCUT2D eigenvalue weighted by atomic mass is 9.95. The average Bonchev–Trinajstić information content (AvgIpc) is 3.02. The van der Waals surface area contributed by atoms with E-state index in [0.29, 0.717) is 30.0 Å². The quantitative estimate of drug-likeness (QED) is 0.269. The molecule has 43 heavy (non-hydrogen) atoms. The van der Waals surface area contributed by atoms with Gasteiger partial charge < -0.3 is 15.0 Å². The normalized spacial score (nSPS) is 14.5. The van der Waals surface area contributed by atoms with Gasteiger partial charge in [-0.15, -0.1) is 0 Å². The molecular formula is C33H40FN3O5S. The first kappa shape index (κ1) is 32.0. The molecule has 1 fully saturated rings. The molecule has 0 unspecified atom stereocenters. The molecule has 0 saturated heterocycles. The number of hydrogen-bond acceptors (Lipinski definition) is 5. The highest BCUT2D eigenvalue weighted by Gasteiger charge is 2.34. The fourth-order valence-corrected chi connectivity index (χ4v) is 6.79. The number of amides is 2. The van der Waals surface area contributed by atoms with Gasteiger partial charge in [-0.05, 0) is 80.3 Å². The SMILES string of the molecule is CCOc1ccc(S(=O)(=O)N(CC(=O)N(Cc2ccc(F)cc2)[C@H](CC)C(=O)NC2CCCCC2)c2ccccc2)cc1. The van der Waals surface area contributed by atoms with E-state index in [0.717, 1.165) is 36.4 Å². The van der Waals surface area contributed by atoms with Crippen molar-refractivity contribution in [3.63, 3.8) is 0 Å². The standard InChI is InChI=1S/C33H40FN3O5S/c1-3-31(33(39)35-27-11-7-5-8-12-27)36(23-25-15-17-26(34)18-16-25)32(38)24-37(28-13-9-6-10-14-28)43(40,41)30-21-19-29(20-22-30)42-4-2/h6,9-10,13-22,27,31H,3-5,7-8,11-12,23-24H2,1-2H3,(H,35,39)/t31-/m1/s1. The zero-order valence-electron chi connectivity index (χ0n) is 24.7. The molecule has 1 aliphatic rings. The van der Waals surface area contributed by atoms with Crippen LogP contribution in [-0.2, 0) is 26.2 Å². The maximum atomic E-state index is 14.2. The molecule has 0 aromatic heterocycles. The lowest BCUT2D eigenvalue weighted by molar-refractivity contribution is -0.140. The summed E-state index contributed by atoms with van der Waals surface area (Å²) >= 11 is 0. The van der Waals surface area contributed by atoms with Crippen LogP contribution in [0.25, 0.3) is 0 Å². The summed E-state index contributed by atoms with van der Waals surface area (Å²) in [5.74, 6) is -0.705. The summed E-state index contributed by atoms with van der Waals surface area (Å²) in [5.41, 5.74) is 0.936. The number of sulfonamides is 1. The summed E-state index contributed by atoms with van der Waals surface area (Å²) < 4.78 is 48.2. The van der Waals surface area contributed by atoms with Crippen molar-refractivity contribution in [2.45, 2.75) is 75.9 Å². The minimum absolute atomic E-state index is 0.000209. The van der Waals surface area contributed by atoms with Crippen LogP contribution in [-0.4, -0.2) is 50.4 Å². The molecule has 0 aliphatic heterocycles. The molecule has 0 heterocycles. The van der Waals surface area contributed by atoms with Crippen LogP contribution in [0.4, 0.5) is 10.1 Å². The summed E-state index contributed by atoms with van der Waals surface area (Å²) in [6.07, 6.45) is 5.30. The second-order valence-corrected chi connectivity index (χ2v) is 12.5. The van der Waals surface area contributed by atoms with Gasteiger partial charge in [0.2, 0.25) is 11.8 Å². The first-order valence-electron chi connectivity index (χ1n) is 14.9. The summed E-state index contributed by atoms with van der Waals surface area (Å²) in [5, 5.41) is 3.12. The molecule has 230 valence electrons. The van der Waals surface area contributed by atoms with E-state index in [1.165, 1.54) is 29.2 Å². The number of ether oxygens (including phenoxy) is 1. The Morgan fingerprint density at radius 2 is 1.58 bits per heavy atom. The molecule has 0 radical (unpaired) electrons. The number of nitrogens with zero attached hydrogens (tertiary/aromatic N) is 2. The van der Waals surface area contributed by atoms with E-state index < -0.39 is 34.3 Å². The lowest BCUT2D eigenvalue weighted by Gasteiger charge is -2.34. The third kappa shape index (κ3) is 8.34. The Bertz CT molecular complexity index is 1440. The van der Waals surface area contributed by atoms with Gasteiger partial charge >= 0.3 is 0 Å². The molecule has 4 rings (SSSR count). The molecule has 1 atom stereocenters. The minimum atomic E-state index is -4.19. The smallest absolute Gasteiger partial charge is 0.264 e. The fourth-order valence-electron chi connectivity index (χ4n) is 5.38. The molecule has 1 N–H and O–H groups in total. The van der Waals surface area contributed by atoms with Gasteiger partial charge in [0, 0.05) is 12.6 Å². The molecule has 8 nitrogen and oxygen atoms in total. The Morgan fingerprint density at radius 1 is 0.930 bits per heavy atom. The topological polar surface area (TPSA) is 96.0 Å². The number of carbonyl (C=O) groups excluding carboxylic acids is 2. The number of carbonyl (C=O) groups is 2. The van der Waals surface area contributed by atoms with Crippen molar-refractivity contribution in [2.24, 2.45) is 0 Å². The van der Waals surface area contributed by atoms with Crippen molar-refractivity contribution < 1.29 is 27.1 Å². The highest BCUT2D eigenvalue weighted by atomic mass is 32.2. The largest absolute Gasteiger partial charge is 0.494 e. The highest BCUT2D eigenvalue weighted by molar-refractivity contribution is 7.92. The van der Waals surface area contributed by atoms with Crippen LogP contribution in [0, 0.1) is 5.82 Å². The van der Waals surface area contributed by atoms with Crippen LogP contribution >= 0.6 is 0 Å². The summed E-state index contributed by atoms with van der Waals surface area (Å²) in [6, 6.07) is 19.4. The monoisotopic (exact) mass is 609 g/mol. The molecule has 2 amide bonds. The van der Waals surface area contributed by atoms with Crippen molar-refractivity contribution in [1.82, 2.24) is 10.2 Å². The molecule has 1 aliphatic carbocycles. The van der Waals surface area contributed by atoms with Crippen LogP contribution in [0.1, 0.15) is 57.9 Å². The van der Waals surface area contributed by atoms with Crippen LogP contribution in [0.15, 0.2) is 83.8 Å². The summed E-state index contributed by atoms with van der Waals surface area (Å²) in [4.78, 5) is 29.2. The van der Waals surface area contributed by atoms with Crippen LogP contribution in [0.5, 0.6) is 5.75 Å². The maximum absolute atomic E-state index is 14.2. The highest BCUT2D eigenvalue weighted by Crippen LogP contribution is 2.26. The number of halogens is 1. The molecule has 0 spiro atoms. The first-order valence-corrected chi connectivity index (χ1v) is 16.3. The Kier molecular flexibility index (Phi) is 11.2. The molecule has 1 saturated carbocycles. The van der Waals surface area contributed by atoms with Crippen molar-refractivity contribution in [2.75, 3.05) is 17.5 Å². The van der Waals surface area contributed by atoms with Crippen LogP contribution in [0.2, 0.25) is 0 Å². The van der Waals surface area contributed by atoms with Gasteiger partial charge in [-0.1, -0.05) is 56.5 Å². The van der Waals surface area contributed by atoms with Gasteiger partial charge in [0.15, 0.2) is 0 Å². The van der Waals surface area contributed by atoms with E-state index in [4.69, 9.17) is 4.74 Å². The van der Waals surface area contributed by atoms with Crippen molar-refractivity contribution in [1.29, 1.82) is 0 Å². The second kappa shape index (κ2) is 15.0.